The highest BCUT2D eigenvalue weighted by molar-refractivity contribution is 8.20. The standard InChI is InChI=1S/C25H26N2S2/c1-26-21-10-6-5-9-18(21)20-15-23-19(25-28-13-14-29-25)11-12-22(24(20)26)27(23)16-17-7-3-2-4-8-17/h2-11,22-23,25H,12-16H2,1H3/t22-,23-/m0/s1. The van der Waals surface area contributed by atoms with Crippen molar-refractivity contribution in [1.82, 2.24) is 9.47 Å². The first-order chi connectivity index (χ1) is 14.3. The Morgan fingerprint density at radius 1 is 0.931 bits per heavy atom. The van der Waals surface area contributed by atoms with Crippen LogP contribution in [0.1, 0.15) is 29.3 Å². The molecule has 0 spiro atoms. The summed E-state index contributed by atoms with van der Waals surface area (Å²) in [5.41, 5.74) is 7.64. The second-order valence-corrected chi connectivity index (χ2v) is 11.1. The SMILES string of the molecule is Cn1c2c(c3ccccc31)C[C@H]1C(C3SCCS3)=CC[C@@H]2N1Cc1ccccc1. The minimum atomic E-state index is 0.474. The van der Waals surface area contributed by atoms with Gasteiger partial charge in [-0.2, -0.15) is 0 Å². The van der Waals surface area contributed by atoms with E-state index in [1.807, 2.05) is 0 Å². The summed E-state index contributed by atoms with van der Waals surface area (Å²) >= 11 is 4.31. The van der Waals surface area contributed by atoms with Crippen LogP contribution >= 0.6 is 23.5 Å². The summed E-state index contributed by atoms with van der Waals surface area (Å²) in [4.78, 5) is 2.81. The van der Waals surface area contributed by atoms with E-state index < -0.39 is 0 Å². The Morgan fingerprint density at radius 3 is 2.52 bits per heavy atom. The molecule has 0 N–H and O–H groups in total. The van der Waals surface area contributed by atoms with Crippen LogP contribution in [0.2, 0.25) is 0 Å². The van der Waals surface area contributed by atoms with Crippen LogP contribution in [0.3, 0.4) is 0 Å². The van der Waals surface area contributed by atoms with E-state index in [1.165, 1.54) is 28.0 Å². The van der Waals surface area contributed by atoms with E-state index in [2.05, 4.69) is 101 Å². The number of aromatic nitrogens is 1. The maximum Gasteiger partial charge on any atom is 0.0727 e. The lowest BCUT2D eigenvalue weighted by atomic mass is 9.82. The van der Waals surface area contributed by atoms with Crippen molar-refractivity contribution >= 4 is 34.4 Å². The van der Waals surface area contributed by atoms with E-state index in [-0.39, 0.29) is 0 Å². The zero-order chi connectivity index (χ0) is 19.4. The highest BCUT2D eigenvalue weighted by Gasteiger charge is 2.43. The number of aryl methyl sites for hydroxylation is 1. The smallest absolute Gasteiger partial charge is 0.0727 e. The van der Waals surface area contributed by atoms with Crippen molar-refractivity contribution in [2.75, 3.05) is 11.5 Å². The van der Waals surface area contributed by atoms with Crippen molar-refractivity contribution in [3.05, 3.63) is 83.1 Å². The van der Waals surface area contributed by atoms with Gasteiger partial charge in [-0.1, -0.05) is 54.6 Å². The van der Waals surface area contributed by atoms with Crippen LogP contribution in [0.4, 0.5) is 0 Å². The number of hydrogen-bond donors (Lipinski definition) is 0. The molecule has 1 aromatic heterocycles. The van der Waals surface area contributed by atoms with Gasteiger partial charge in [-0.05, 0) is 35.6 Å². The number of rotatable bonds is 3. The van der Waals surface area contributed by atoms with Gasteiger partial charge in [0, 0.05) is 47.7 Å². The van der Waals surface area contributed by atoms with Gasteiger partial charge in [0.1, 0.15) is 0 Å². The van der Waals surface area contributed by atoms with E-state index in [0.717, 1.165) is 19.4 Å². The minimum absolute atomic E-state index is 0.474. The van der Waals surface area contributed by atoms with E-state index in [9.17, 15) is 0 Å². The van der Waals surface area contributed by atoms with Gasteiger partial charge in [0.25, 0.3) is 0 Å². The molecule has 0 saturated carbocycles. The first-order valence-electron chi connectivity index (χ1n) is 10.6. The molecule has 3 aliphatic heterocycles. The van der Waals surface area contributed by atoms with Crippen molar-refractivity contribution in [1.29, 1.82) is 0 Å². The van der Waals surface area contributed by atoms with Gasteiger partial charge >= 0.3 is 0 Å². The lowest BCUT2D eigenvalue weighted by molar-refractivity contribution is 0.112. The average Bonchev–Trinajstić information content (AvgIpc) is 3.37. The summed E-state index contributed by atoms with van der Waals surface area (Å²) in [6, 6.07) is 21.1. The number of thioether (sulfide) groups is 2. The summed E-state index contributed by atoms with van der Waals surface area (Å²) < 4.78 is 3.12. The first kappa shape index (κ1) is 18.2. The van der Waals surface area contributed by atoms with E-state index in [1.54, 1.807) is 16.8 Å². The summed E-state index contributed by atoms with van der Waals surface area (Å²) in [7, 11) is 2.27. The van der Waals surface area contributed by atoms with Crippen molar-refractivity contribution in [3.8, 4) is 0 Å². The Bertz CT molecular complexity index is 1080. The van der Waals surface area contributed by atoms with Gasteiger partial charge in [-0.25, -0.2) is 0 Å². The predicted molar refractivity (Wildman–Crippen MR) is 127 cm³/mol. The third-order valence-corrected chi connectivity index (χ3v) is 9.94. The minimum Gasteiger partial charge on any atom is -0.346 e. The topological polar surface area (TPSA) is 8.17 Å². The maximum atomic E-state index is 2.81. The molecule has 2 nitrogen and oxygen atoms in total. The van der Waals surface area contributed by atoms with Crippen LogP contribution in [0.5, 0.6) is 0 Å². The largest absolute Gasteiger partial charge is 0.346 e. The molecular formula is C25H26N2S2. The molecule has 0 aliphatic carbocycles. The maximum absolute atomic E-state index is 2.81. The van der Waals surface area contributed by atoms with Gasteiger partial charge in [0.2, 0.25) is 0 Å². The molecule has 3 aromatic rings. The molecule has 6 rings (SSSR count). The van der Waals surface area contributed by atoms with E-state index in [0.29, 0.717) is 16.7 Å². The monoisotopic (exact) mass is 418 g/mol. The fraction of sp³-hybridized carbons (Fsp3) is 0.360. The second kappa shape index (κ2) is 7.26. The van der Waals surface area contributed by atoms with Crippen LogP contribution in [0.15, 0.2) is 66.2 Å². The molecule has 29 heavy (non-hydrogen) atoms. The van der Waals surface area contributed by atoms with Crippen molar-refractivity contribution in [3.63, 3.8) is 0 Å². The molecule has 0 radical (unpaired) electrons. The molecule has 3 aliphatic rings. The zero-order valence-corrected chi connectivity index (χ0v) is 18.4. The van der Waals surface area contributed by atoms with Gasteiger partial charge in [-0.3, -0.25) is 4.90 Å². The Hall–Kier alpha value is -1.62. The molecular weight excluding hydrogens is 392 g/mol. The number of fused-ring (bicyclic) bond motifs is 6. The highest BCUT2D eigenvalue weighted by atomic mass is 32.2. The van der Waals surface area contributed by atoms with E-state index >= 15 is 0 Å². The van der Waals surface area contributed by atoms with Crippen LogP contribution < -0.4 is 0 Å². The molecule has 2 aromatic carbocycles. The molecule has 1 fully saturated rings. The molecule has 2 atom stereocenters. The Labute approximate surface area is 181 Å². The number of benzene rings is 2. The fourth-order valence-electron chi connectivity index (χ4n) is 5.57. The first-order valence-corrected chi connectivity index (χ1v) is 12.7. The van der Waals surface area contributed by atoms with Gasteiger partial charge < -0.3 is 4.57 Å². The number of para-hydroxylation sites is 1. The second-order valence-electron chi connectivity index (χ2n) is 8.35. The predicted octanol–water partition coefficient (Wildman–Crippen LogP) is 5.78. The van der Waals surface area contributed by atoms with Crippen molar-refractivity contribution in [2.45, 2.75) is 36.1 Å². The van der Waals surface area contributed by atoms with Crippen molar-refractivity contribution in [2.24, 2.45) is 7.05 Å². The molecule has 1 saturated heterocycles. The van der Waals surface area contributed by atoms with Crippen LogP contribution in [0.25, 0.3) is 10.9 Å². The lowest BCUT2D eigenvalue weighted by Crippen LogP contribution is -2.48. The molecule has 0 unspecified atom stereocenters. The third kappa shape index (κ3) is 2.91. The summed E-state index contributed by atoms with van der Waals surface area (Å²) in [6.45, 7) is 1.04. The summed E-state index contributed by atoms with van der Waals surface area (Å²) in [5, 5.41) is 1.47. The molecule has 4 heteroatoms. The molecule has 148 valence electrons. The highest BCUT2D eigenvalue weighted by Crippen LogP contribution is 2.50. The number of nitrogens with zero attached hydrogens (tertiary/aromatic N) is 2. The van der Waals surface area contributed by atoms with Gasteiger partial charge in [0.05, 0.1) is 10.6 Å². The van der Waals surface area contributed by atoms with E-state index in [4.69, 9.17) is 0 Å². The Balaban J connectivity index is 1.48. The van der Waals surface area contributed by atoms with Crippen LogP contribution in [-0.4, -0.2) is 31.6 Å². The third-order valence-electron chi connectivity index (χ3n) is 6.84. The average molecular weight is 419 g/mol. The number of hydrogen-bond acceptors (Lipinski definition) is 3. The quantitative estimate of drug-likeness (QED) is 0.498. The molecule has 0 amide bonds. The molecule has 4 heterocycles. The Kier molecular flexibility index (Phi) is 4.55. The summed E-state index contributed by atoms with van der Waals surface area (Å²) in [5.74, 6) is 2.59. The van der Waals surface area contributed by atoms with Crippen LogP contribution in [0, 0.1) is 0 Å². The van der Waals surface area contributed by atoms with Crippen LogP contribution in [-0.2, 0) is 20.0 Å². The fourth-order valence-corrected chi connectivity index (χ4v) is 8.63. The lowest BCUT2D eigenvalue weighted by Gasteiger charge is -2.47. The van der Waals surface area contributed by atoms with Crippen molar-refractivity contribution < 1.29 is 0 Å². The summed E-state index contributed by atoms with van der Waals surface area (Å²) in [6.07, 6.45) is 4.88. The normalized spacial score (nSPS) is 24.7. The van der Waals surface area contributed by atoms with Gasteiger partial charge in [0.15, 0.2) is 0 Å². The van der Waals surface area contributed by atoms with Gasteiger partial charge in [-0.15, -0.1) is 23.5 Å². The zero-order valence-electron chi connectivity index (χ0n) is 16.8. The molecule has 2 bridgehead atoms. The Morgan fingerprint density at radius 2 is 1.69 bits per heavy atom.